The number of nitriles is 1. The van der Waals surface area contributed by atoms with E-state index in [2.05, 4.69) is 5.10 Å². The number of hydrazone groups is 1. The third-order valence-corrected chi connectivity index (χ3v) is 1.79. The Bertz CT molecular complexity index is 316. The zero-order valence-corrected chi connectivity index (χ0v) is 7.33. The minimum atomic E-state index is -5.73. The van der Waals surface area contributed by atoms with Crippen LogP contribution in [0, 0.1) is 11.5 Å². The van der Waals surface area contributed by atoms with E-state index < -0.39 is 18.3 Å². The molecule has 4 nitrogen and oxygen atoms in total. The zero-order valence-electron chi connectivity index (χ0n) is 7.33. The average molecular weight is 228 g/mol. The van der Waals surface area contributed by atoms with Crippen LogP contribution in [-0.4, -0.2) is 41.6 Å². The number of hydrogen-bond donors (Lipinski definition) is 0. The van der Waals surface area contributed by atoms with E-state index in [4.69, 9.17) is 5.26 Å². The molecule has 1 aliphatic rings. The Hall–Kier alpha value is -1.59. The molecule has 1 aliphatic heterocycles. The fourth-order valence-corrected chi connectivity index (χ4v) is 1.08. The van der Waals surface area contributed by atoms with Crippen molar-refractivity contribution in [3.05, 3.63) is 0 Å². The molecule has 0 spiro atoms. The van der Waals surface area contributed by atoms with Crippen LogP contribution in [0.1, 0.15) is 0 Å². The maximum Gasteiger partial charge on any atom is 0.457 e. The lowest BCUT2D eigenvalue weighted by Crippen LogP contribution is -2.57. The number of rotatable bonds is 1. The molecule has 0 radical (unpaired) electrons. The van der Waals surface area contributed by atoms with Gasteiger partial charge < -0.3 is 0 Å². The molecule has 1 rings (SSSR count). The maximum atomic E-state index is 12.9. The molecule has 0 amide bonds. The summed E-state index contributed by atoms with van der Waals surface area (Å²) in [5.74, 6) is -5.03. The van der Waals surface area contributed by atoms with Crippen molar-refractivity contribution in [1.29, 1.82) is 5.26 Å². The largest absolute Gasteiger partial charge is 0.457 e. The van der Waals surface area contributed by atoms with Crippen molar-refractivity contribution in [1.82, 2.24) is 9.91 Å². The van der Waals surface area contributed by atoms with E-state index in [0.717, 1.165) is 7.05 Å². The van der Waals surface area contributed by atoms with E-state index >= 15 is 0 Å². The van der Waals surface area contributed by atoms with Gasteiger partial charge in [0.2, 0.25) is 6.17 Å². The molecule has 0 aliphatic carbocycles. The first-order valence-corrected chi connectivity index (χ1v) is 3.61. The summed E-state index contributed by atoms with van der Waals surface area (Å²) < 4.78 is 61.8. The lowest BCUT2D eigenvalue weighted by atomic mass is 10.2. The second-order valence-electron chi connectivity index (χ2n) is 2.81. The number of halogens is 5. The third kappa shape index (κ3) is 1.67. The van der Waals surface area contributed by atoms with E-state index in [9.17, 15) is 22.0 Å². The summed E-state index contributed by atoms with van der Waals surface area (Å²) in [7, 11) is 0.929. The average Bonchev–Trinajstić information content (AvgIpc) is 2.44. The fourth-order valence-electron chi connectivity index (χ4n) is 1.08. The topological polar surface area (TPSA) is 42.6 Å². The van der Waals surface area contributed by atoms with Gasteiger partial charge in [-0.25, -0.2) is 4.90 Å². The molecule has 0 bridgehead atoms. The zero-order chi connectivity index (χ0) is 11.9. The third-order valence-electron chi connectivity index (χ3n) is 1.79. The van der Waals surface area contributed by atoms with Gasteiger partial charge in [0.05, 0.1) is 0 Å². The maximum absolute atomic E-state index is 12.9. The molecular formula is C6H5F5N4. The summed E-state index contributed by atoms with van der Waals surface area (Å²) in [6.45, 7) is 0. The quantitative estimate of drug-likeness (QED) is 0.500. The predicted molar refractivity (Wildman–Crippen MR) is 38.5 cm³/mol. The fraction of sp³-hybridized carbons (Fsp3) is 0.667. The van der Waals surface area contributed by atoms with E-state index in [1.54, 1.807) is 0 Å². The Kier molecular flexibility index (Phi) is 2.46. The SMILES string of the molecule is CN1N=CN(C#N)C1C(F)(F)C(F)(F)F. The van der Waals surface area contributed by atoms with Crippen LogP contribution in [0.3, 0.4) is 0 Å². The number of nitrogens with zero attached hydrogens (tertiary/aromatic N) is 4. The van der Waals surface area contributed by atoms with Gasteiger partial charge in [-0.1, -0.05) is 0 Å². The van der Waals surface area contributed by atoms with Crippen LogP contribution in [-0.2, 0) is 0 Å². The Balaban J connectivity index is 3.03. The lowest BCUT2D eigenvalue weighted by Gasteiger charge is -2.31. The molecule has 1 unspecified atom stereocenters. The molecule has 0 N–H and O–H groups in total. The molecule has 84 valence electrons. The minimum Gasteiger partial charge on any atom is -0.268 e. The molecule has 0 aromatic carbocycles. The Morgan fingerprint density at radius 1 is 1.33 bits per heavy atom. The standard InChI is InChI=1S/C6H5F5N4/c1-14-4(15(2-12)3-13-14)5(7,8)6(9,10)11/h3-4H,1H3. The highest BCUT2D eigenvalue weighted by molar-refractivity contribution is 5.59. The van der Waals surface area contributed by atoms with Gasteiger partial charge in [0.1, 0.15) is 6.34 Å². The van der Waals surface area contributed by atoms with Crippen LogP contribution < -0.4 is 0 Å². The molecule has 1 heterocycles. The first-order valence-electron chi connectivity index (χ1n) is 3.61. The van der Waals surface area contributed by atoms with Gasteiger partial charge in [0.25, 0.3) is 0 Å². The predicted octanol–water partition coefficient (Wildman–Crippen LogP) is 1.18. The Morgan fingerprint density at radius 3 is 2.27 bits per heavy atom. The molecule has 0 saturated heterocycles. The summed E-state index contributed by atoms with van der Waals surface area (Å²) in [6.07, 6.45) is -6.38. The molecule has 9 heteroatoms. The lowest BCUT2D eigenvalue weighted by molar-refractivity contribution is -0.310. The molecule has 0 saturated carbocycles. The van der Waals surface area contributed by atoms with E-state index in [1.165, 1.54) is 6.19 Å². The minimum absolute atomic E-state index is 0.146. The van der Waals surface area contributed by atoms with E-state index in [0.29, 0.717) is 11.3 Å². The van der Waals surface area contributed by atoms with Crippen molar-refractivity contribution in [2.45, 2.75) is 18.3 Å². The first kappa shape index (κ1) is 11.5. The van der Waals surface area contributed by atoms with Crippen LogP contribution in [0.5, 0.6) is 0 Å². The first-order chi connectivity index (χ1) is 6.71. The molecule has 0 aromatic rings. The van der Waals surface area contributed by atoms with Crippen molar-refractivity contribution in [2.24, 2.45) is 5.10 Å². The normalized spacial score (nSPS) is 22.1. The van der Waals surface area contributed by atoms with Gasteiger partial charge in [-0.2, -0.15) is 32.3 Å². The highest BCUT2D eigenvalue weighted by Crippen LogP contribution is 2.41. The second kappa shape index (κ2) is 3.22. The molecule has 15 heavy (non-hydrogen) atoms. The van der Waals surface area contributed by atoms with Crippen molar-refractivity contribution < 1.29 is 22.0 Å². The Labute approximate surface area is 81.2 Å². The molecule has 0 aromatic heterocycles. The molecule has 1 atom stereocenters. The summed E-state index contributed by atoms with van der Waals surface area (Å²) in [5.41, 5.74) is 0. The summed E-state index contributed by atoms with van der Waals surface area (Å²) in [6, 6.07) is 0. The van der Waals surface area contributed by atoms with Gasteiger partial charge in [0, 0.05) is 7.05 Å². The van der Waals surface area contributed by atoms with Crippen molar-refractivity contribution in [3.63, 3.8) is 0 Å². The summed E-state index contributed by atoms with van der Waals surface area (Å²) in [4.78, 5) is 0.146. The van der Waals surface area contributed by atoms with Gasteiger partial charge >= 0.3 is 12.1 Å². The van der Waals surface area contributed by atoms with Gasteiger partial charge in [-0.05, 0) is 0 Å². The Morgan fingerprint density at radius 2 is 1.87 bits per heavy atom. The highest BCUT2D eigenvalue weighted by Gasteiger charge is 2.66. The molecular weight excluding hydrogens is 223 g/mol. The monoisotopic (exact) mass is 228 g/mol. The summed E-state index contributed by atoms with van der Waals surface area (Å²) in [5, 5.41) is 11.9. The smallest absolute Gasteiger partial charge is 0.268 e. The van der Waals surface area contributed by atoms with Crippen molar-refractivity contribution in [3.8, 4) is 6.19 Å². The van der Waals surface area contributed by atoms with Crippen LogP contribution in [0.2, 0.25) is 0 Å². The van der Waals surface area contributed by atoms with Crippen LogP contribution in [0.25, 0.3) is 0 Å². The molecule has 0 fully saturated rings. The van der Waals surface area contributed by atoms with Gasteiger partial charge in [0.15, 0.2) is 6.19 Å². The highest BCUT2D eigenvalue weighted by atomic mass is 19.4. The van der Waals surface area contributed by atoms with Gasteiger partial charge in [-0.3, -0.25) is 5.01 Å². The van der Waals surface area contributed by atoms with E-state index in [-0.39, 0.29) is 4.90 Å². The van der Waals surface area contributed by atoms with Crippen LogP contribution in [0.4, 0.5) is 22.0 Å². The van der Waals surface area contributed by atoms with Gasteiger partial charge in [-0.15, -0.1) is 0 Å². The van der Waals surface area contributed by atoms with Crippen molar-refractivity contribution in [2.75, 3.05) is 7.05 Å². The number of alkyl halides is 5. The van der Waals surface area contributed by atoms with Crippen LogP contribution >= 0.6 is 0 Å². The van der Waals surface area contributed by atoms with Crippen LogP contribution in [0.15, 0.2) is 5.10 Å². The van der Waals surface area contributed by atoms with E-state index in [1.807, 2.05) is 0 Å². The summed E-state index contributed by atoms with van der Waals surface area (Å²) >= 11 is 0. The second-order valence-corrected chi connectivity index (χ2v) is 2.81. The number of hydrogen-bond acceptors (Lipinski definition) is 4. The van der Waals surface area contributed by atoms with Crippen molar-refractivity contribution >= 4 is 6.34 Å².